The summed E-state index contributed by atoms with van der Waals surface area (Å²) in [6.07, 6.45) is 1.34. The predicted octanol–water partition coefficient (Wildman–Crippen LogP) is 0.331. The molecule has 1 aromatic rings. The van der Waals surface area contributed by atoms with E-state index in [1.54, 1.807) is 12.0 Å². The number of likely N-dealkylation sites (tertiary alicyclic amines) is 1. The molecule has 0 radical (unpaired) electrons. The van der Waals surface area contributed by atoms with Crippen LogP contribution in [0.5, 0.6) is 0 Å². The summed E-state index contributed by atoms with van der Waals surface area (Å²) >= 11 is 0. The number of methoxy groups -OCH3 is 1. The lowest BCUT2D eigenvalue weighted by Gasteiger charge is -2.33. The quantitative estimate of drug-likeness (QED) is 0.642. The van der Waals surface area contributed by atoms with Crippen molar-refractivity contribution >= 4 is 15.9 Å². The first kappa shape index (κ1) is 19.8. The number of nitrogens with zero attached hydrogens (tertiary/aromatic N) is 1. The van der Waals surface area contributed by atoms with Gasteiger partial charge in [-0.15, -0.1) is 0 Å². The van der Waals surface area contributed by atoms with Gasteiger partial charge in [0, 0.05) is 32.8 Å². The van der Waals surface area contributed by atoms with E-state index in [1.807, 2.05) is 0 Å². The first-order valence-electron chi connectivity index (χ1n) is 8.17. The minimum absolute atomic E-state index is 0.0780. The number of carbonyl (C=O) groups excluding carboxylic acids is 1. The van der Waals surface area contributed by atoms with Gasteiger partial charge in [0.1, 0.15) is 5.82 Å². The SMILES string of the molecule is COCCNCC(=O)N1CCCC(NS(=O)(=O)c2cccc(F)c2)C1. The third-order valence-electron chi connectivity index (χ3n) is 3.96. The van der Waals surface area contributed by atoms with Gasteiger partial charge in [0.15, 0.2) is 0 Å². The van der Waals surface area contributed by atoms with Gasteiger partial charge in [-0.05, 0) is 31.0 Å². The molecule has 0 spiro atoms. The van der Waals surface area contributed by atoms with Crippen molar-refractivity contribution < 1.29 is 22.3 Å². The van der Waals surface area contributed by atoms with Gasteiger partial charge >= 0.3 is 0 Å². The molecule has 9 heteroatoms. The van der Waals surface area contributed by atoms with Crippen LogP contribution in [0.3, 0.4) is 0 Å². The second-order valence-corrected chi connectivity index (χ2v) is 7.64. The van der Waals surface area contributed by atoms with Crippen molar-refractivity contribution in [3.63, 3.8) is 0 Å². The number of carbonyl (C=O) groups is 1. The zero-order valence-corrected chi connectivity index (χ0v) is 15.0. The molecule has 0 aromatic heterocycles. The summed E-state index contributed by atoms with van der Waals surface area (Å²) in [5, 5.41) is 2.98. The molecule has 2 rings (SSSR count). The smallest absolute Gasteiger partial charge is 0.240 e. The van der Waals surface area contributed by atoms with E-state index in [9.17, 15) is 17.6 Å². The van der Waals surface area contributed by atoms with Crippen LogP contribution in [0, 0.1) is 5.82 Å². The summed E-state index contributed by atoms with van der Waals surface area (Å²) in [6.45, 7) is 2.18. The van der Waals surface area contributed by atoms with E-state index in [4.69, 9.17) is 4.74 Å². The van der Waals surface area contributed by atoms with Gasteiger partial charge in [-0.1, -0.05) is 6.07 Å². The van der Waals surface area contributed by atoms with Crippen molar-refractivity contribution in [1.82, 2.24) is 14.9 Å². The number of hydrogen-bond donors (Lipinski definition) is 2. The first-order valence-corrected chi connectivity index (χ1v) is 9.66. The van der Waals surface area contributed by atoms with Crippen molar-refractivity contribution in [2.45, 2.75) is 23.8 Å². The van der Waals surface area contributed by atoms with Crippen LogP contribution in [0.2, 0.25) is 0 Å². The number of ether oxygens (including phenoxy) is 1. The molecule has 1 aliphatic heterocycles. The lowest BCUT2D eigenvalue weighted by atomic mass is 10.1. The van der Waals surface area contributed by atoms with Gasteiger partial charge in [0.2, 0.25) is 15.9 Å². The topological polar surface area (TPSA) is 87.7 Å². The van der Waals surface area contributed by atoms with Crippen molar-refractivity contribution in [2.75, 3.05) is 39.9 Å². The third-order valence-corrected chi connectivity index (χ3v) is 5.48. The van der Waals surface area contributed by atoms with Gasteiger partial charge in [0.05, 0.1) is 18.0 Å². The number of benzene rings is 1. The number of sulfonamides is 1. The van der Waals surface area contributed by atoms with Gasteiger partial charge in [-0.2, -0.15) is 0 Å². The third kappa shape index (κ3) is 6.03. The summed E-state index contributed by atoms with van der Waals surface area (Å²) in [5.74, 6) is -0.684. The molecule has 0 aliphatic carbocycles. The molecule has 1 atom stereocenters. The Labute approximate surface area is 147 Å². The predicted molar refractivity (Wildman–Crippen MR) is 91.1 cm³/mol. The Bertz CT molecular complexity index is 684. The maximum atomic E-state index is 13.3. The molecule has 0 saturated carbocycles. The summed E-state index contributed by atoms with van der Waals surface area (Å²) in [5.41, 5.74) is 0. The first-order chi connectivity index (χ1) is 11.9. The maximum absolute atomic E-state index is 13.3. The zero-order chi connectivity index (χ0) is 18.3. The molecule has 1 aliphatic rings. The van der Waals surface area contributed by atoms with Crippen LogP contribution < -0.4 is 10.0 Å². The maximum Gasteiger partial charge on any atom is 0.240 e. The van der Waals surface area contributed by atoms with E-state index in [0.717, 1.165) is 6.07 Å². The highest BCUT2D eigenvalue weighted by molar-refractivity contribution is 7.89. The minimum Gasteiger partial charge on any atom is -0.383 e. The van der Waals surface area contributed by atoms with Gasteiger partial charge in [0.25, 0.3) is 0 Å². The molecule has 1 fully saturated rings. The second kappa shape index (κ2) is 9.23. The Morgan fingerprint density at radius 2 is 2.24 bits per heavy atom. The summed E-state index contributed by atoms with van der Waals surface area (Å²) in [6, 6.07) is 4.48. The van der Waals surface area contributed by atoms with Crippen LogP contribution in [-0.2, 0) is 19.6 Å². The van der Waals surface area contributed by atoms with Crippen LogP contribution >= 0.6 is 0 Å². The largest absolute Gasteiger partial charge is 0.383 e. The number of piperidine rings is 1. The Hall–Kier alpha value is -1.55. The van der Waals surface area contributed by atoms with Crippen molar-refractivity contribution in [1.29, 1.82) is 0 Å². The lowest BCUT2D eigenvalue weighted by Crippen LogP contribution is -2.51. The average molecular weight is 373 g/mol. The Morgan fingerprint density at radius 3 is 2.96 bits per heavy atom. The number of rotatable bonds is 8. The van der Waals surface area contributed by atoms with E-state index in [-0.39, 0.29) is 23.4 Å². The molecular weight excluding hydrogens is 349 g/mol. The standard InChI is InChI=1S/C16H24FN3O4S/c1-24-9-7-18-11-16(21)20-8-3-5-14(12-20)19-25(22,23)15-6-2-4-13(17)10-15/h2,4,6,10,14,18-19H,3,5,7-9,11-12H2,1H3. The van der Waals surface area contributed by atoms with E-state index in [2.05, 4.69) is 10.0 Å². The van der Waals surface area contributed by atoms with E-state index < -0.39 is 15.8 Å². The average Bonchev–Trinajstić information content (AvgIpc) is 2.58. The molecule has 1 saturated heterocycles. The molecule has 2 N–H and O–H groups in total. The molecule has 1 aromatic carbocycles. The fourth-order valence-electron chi connectivity index (χ4n) is 2.70. The number of hydrogen-bond acceptors (Lipinski definition) is 5. The van der Waals surface area contributed by atoms with E-state index in [1.165, 1.54) is 18.2 Å². The summed E-state index contributed by atoms with van der Waals surface area (Å²) < 4.78 is 45.5. The Morgan fingerprint density at radius 1 is 1.44 bits per heavy atom. The fraction of sp³-hybridized carbons (Fsp3) is 0.562. The van der Waals surface area contributed by atoms with Crippen LogP contribution in [-0.4, -0.2) is 65.2 Å². The van der Waals surface area contributed by atoms with Crippen molar-refractivity contribution in [2.24, 2.45) is 0 Å². The monoisotopic (exact) mass is 373 g/mol. The van der Waals surface area contributed by atoms with Gasteiger partial charge < -0.3 is 15.0 Å². The van der Waals surface area contributed by atoms with Crippen LogP contribution in [0.25, 0.3) is 0 Å². The molecule has 1 heterocycles. The summed E-state index contributed by atoms with van der Waals surface area (Å²) in [4.78, 5) is 13.7. The van der Waals surface area contributed by atoms with Crippen LogP contribution in [0.4, 0.5) is 4.39 Å². The summed E-state index contributed by atoms with van der Waals surface area (Å²) in [7, 11) is -2.23. The highest BCUT2D eigenvalue weighted by Gasteiger charge is 2.27. The Kier molecular flexibility index (Phi) is 7.30. The molecule has 1 unspecified atom stereocenters. The van der Waals surface area contributed by atoms with Crippen LogP contribution in [0.1, 0.15) is 12.8 Å². The molecule has 0 bridgehead atoms. The van der Waals surface area contributed by atoms with Crippen molar-refractivity contribution in [3.05, 3.63) is 30.1 Å². The molecule has 1 amide bonds. The zero-order valence-electron chi connectivity index (χ0n) is 14.2. The lowest BCUT2D eigenvalue weighted by molar-refractivity contribution is -0.131. The van der Waals surface area contributed by atoms with Gasteiger partial charge in [-0.25, -0.2) is 17.5 Å². The van der Waals surface area contributed by atoms with Crippen LogP contribution in [0.15, 0.2) is 29.2 Å². The molecule has 7 nitrogen and oxygen atoms in total. The van der Waals surface area contributed by atoms with E-state index in [0.29, 0.717) is 39.1 Å². The number of amides is 1. The van der Waals surface area contributed by atoms with Gasteiger partial charge in [-0.3, -0.25) is 4.79 Å². The highest BCUT2D eigenvalue weighted by atomic mass is 32.2. The molecule has 25 heavy (non-hydrogen) atoms. The number of halogens is 1. The molecule has 140 valence electrons. The molecular formula is C16H24FN3O4S. The van der Waals surface area contributed by atoms with Crippen molar-refractivity contribution in [3.8, 4) is 0 Å². The van der Waals surface area contributed by atoms with E-state index >= 15 is 0 Å². The Balaban J connectivity index is 1.91. The highest BCUT2D eigenvalue weighted by Crippen LogP contribution is 2.15. The fourth-order valence-corrected chi connectivity index (χ4v) is 4.00. The minimum atomic E-state index is -3.82. The normalized spacial score (nSPS) is 18.3. The number of nitrogens with one attached hydrogen (secondary N) is 2. The second-order valence-electron chi connectivity index (χ2n) is 5.93.